The molecule has 2 heterocycles. The number of hydrogen-bond acceptors (Lipinski definition) is 5. The highest BCUT2D eigenvalue weighted by Gasteiger charge is 2.31. The quantitative estimate of drug-likeness (QED) is 0.830. The van der Waals surface area contributed by atoms with Gasteiger partial charge in [0.25, 0.3) is 0 Å². The van der Waals surface area contributed by atoms with Crippen LogP contribution >= 0.6 is 0 Å². The number of carbonyl (C=O) groups excluding carboxylic acids is 1. The molecule has 110 valence electrons. The molecule has 0 radical (unpaired) electrons. The number of aryl methyl sites for hydroxylation is 1. The molecule has 0 aromatic carbocycles. The van der Waals surface area contributed by atoms with Gasteiger partial charge in [-0.2, -0.15) is 4.98 Å². The highest BCUT2D eigenvalue weighted by molar-refractivity contribution is 5.68. The van der Waals surface area contributed by atoms with Crippen molar-refractivity contribution in [3.63, 3.8) is 0 Å². The van der Waals surface area contributed by atoms with Gasteiger partial charge in [0.05, 0.1) is 6.54 Å². The van der Waals surface area contributed by atoms with Crippen LogP contribution in [0.15, 0.2) is 12.3 Å². The maximum absolute atomic E-state index is 11.9. The Morgan fingerprint density at radius 1 is 1.45 bits per heavy atom. The van der Waals surface area contributed by atoms with Gasteiger partial charge in [-0.05, 0) is 27.7 Å². The molecule has 20 heavy (non-hydrogen) atoms. The Labute approximate surface area is 119 Å². The topological polar surface area (TPSA) is 64.5 Å². The Bertz CT molecular complexity index is 485. The van der Waals surface area contributed by atoms with Crippen molar-refractivity contribution in [2.75, 3.05) is 13.1 Å². The standard InChI is InChI=1S/C14H21N3O3/c1-10-15-7-5-12(16-10)19-11-6-8-17(9-11)13(18)20-14(2,3)4/h5,7,11H,6,8-9H2,1-4H3/t11-/m1/s1. The first kappa shape index (κ1) is 14.6. The largest absolute Gasteiger partial charge is 0.472 e. The third-order valence-corrected chi connectivity index (χ3v) is 2.83. The molecule has 0 saturated carbocycles. The average Bonchev–Trinajstić information content (AvgIpc) is 2.75. The summed E-state index contributed by atoms with van der Waals surface area (Å²) in [5.41, 5.74) is -0.472. The molecule has 0 aliphatic carbocycles. The van der Waals surface area contributed by atoms with Gasteiger partial charge in [-0.25, -0.2) is 9.78 Å². The monoisotopic (exact) mass is 279 g/mol. The number of aromatic nitrogens is 2. The molecule has 0 bridgehead atoms. The van der Waals surface area contributed by atoms with E-state index in [1.54, 1.807) is 17.2 Å². The van der Waals surface area contributed by atoms with Crippen LogP contribution < -0.4 is 4.74 Å². The minimum Gasteiger partial charge on any atom is -0.472 e. The Morgan fingerprint density at radius 2 is 2.20 bits per heavy atom. The maximum atomic E-state index is 11.9. The first-order valence-electron chi connectivity index (χ1n) is 6.78. The molecule has 1 saturated heterocycles. The van der Waals surface area contributed by atoms with Crippen LogP contribution in [0.1, 0.15) is 33.0 Å². The van der Waals surface area contributed by atoms with Crippen molar-refractivity contribution in [2.24, 2.45) is 0 Å². The summed E-state index contributed by atoms with van der Waals surface area (Å²) in [5, 5.41) is 0. The normalized spacial score (nSPS) is 19.0. The number of nitrogens with zero attached hydrogens (tertiary/aromatic N) is 3. The second kappa shape index (κ2) is 5.64. The van der Waals surface area contributed by atoms with Gasteiger partial charge in [0.15, 0.2) is 0 Å². The molecule has 1 aliphatic heterocycles. The minimum atomic E-state index is -0.472. The number of ether oxygens (including phenoxy) is 2. The first-order valence-corrected chi connectivity index (χ1v) is 6.78. The molecule has 0 unspecified atom stereocenters. The van der Waals surface area contributed by atoms with E-state index in [1.165, 1.54) is 0 Å². The van der Waals surface area contributed by atoms with Gasteiger partial charge in [-0.15, -0.1) is 0 Å². The van der Waals surface area contributed by atoms with Crippen molar-refractivity contribution >= 4 is 6.09 Å². The highest BCUT2D eigenvalue weighted by atomic mass is 16.6. The fourth-order valence-corrected chi connectivity index (χ4v) is 1.99. The molecular weight excluding hydrogens is 258 g/mol. The van der Waals surface area contributed by atoms with Gasteiger partial charge < -0.3 is 14.4 Å². The first-order chi connectivity index (χ1) is 9.33. The van der Waals surface area contributed by atoms with Crippen LogP contribution in [0, 0.1) is 6.92 Å². The van der Waals surface area contributed by atoms with Gasteiger partial charge in [-0.1, -0.05) is 0 Å². The van der Waals surface area contributed by atoms with Crippen LogP contribution in [0.2, 0.25) is 0 Å². The minimum absolute atomic E-state index is 0.0446. The smallest absolute Gasteiger partial charge is 0.410 e. The molecule has 1 amide bonds. The fraction of sp³-hybridized carbons (Fsp3) is 0.643. The molecule has 1 aliphatic rings. The van der Waals surface area contributed by atoms with Crippen LogP contribution in [-0.4, -0.2) is 45.8 Å². The van der Waals surface area contributed by atoms with Crippen LogP contribution in [0.25, 0.3) is 0 Å². The number of amides is 1. The second-order valence-electron chi connectivity index (χ2n) is 5.90. The van der Waals surface area contributed by atoms with E-state index in [0.717, 1.165) is 6.42 Å². The lowest BCUT2D eigenvalue weighted by Crippen LogP contribution is -2.36. The van der Waals surface area contributed by atoms with Crippen molar-refractivity contribution in [3.05, 3.63) is 18.1 Å². The highest BCUT2D eigenvalue weighted by Crippen LogP contribution is 2.19. The summed E-state index contributed by atoms with van der Waals surface area (Å²) in [6, 6.07) is 1.73. The summed E-state index contributed by atoms with van der Waals surface area (Å²) in [6.07, 6.45) is 2.11. The van der Waals surface area contributed by atoms with Crippen molar-refractivity contribution < 1.29 is 14.3 Å². The lowest BCUT2D eigenvalue weighted by molar-refractivity contribution is 0.0275. The summed E-state index contributed by atoms with van der Waals surface area (Å²) in [4.78, 5) is 21.8. The average molecular weight is 279 g/mol. The van der Waals surface area contributed by atoms with E-state index in [0.29, 0.717) is 24.8 Å². The van der Waals surface area contributed by atoms with E-state index >= 15 is 0 Å². The van der Waals surface area contributed by atoms with Crippen molar-refractivity contribution in [3.8, 4) is 5.88 Å². The van der Waals surface area contributed by atoms with Gasteiger partial charge in [0.1, 0.15) is 17.5 Å². The lowest BCUT2D eigenvalue weighted by Gasteiger charge is -2.24. The van der Waals surface area contributed by atoms with E-state index in [1.807, 2.05) is 27.7 Å². The molecule has 1 aromatic rings. The number of hydrogen-bond donors (Lipinski definition) is 0. The van der Waals surface area contributed by atoms with Gasteiger partial charge in [0.2, 0.25) is 5.88 Å². The Morgan fingerprint density at radius 3 is 2.85 bits per heavy atom. The number of likely N-dealkylation sites (tertiary alicyclic amines) is 1. The zero-order valence-corrected chi connectivity index (χ0v) is 12.4. The maximum Gasteiger partial charge on any atom is 0.410 e. The third kappa shape index (κ3) is 4.08. The molecule has 1 atom stereocenters. The van der Waals surface area contributed by atoms with E-state index in [9.17, 15) is 4.79 Å². The summed E-state index contributed by atoms with van der Waals surface area (Å²) >= 11 is 0. The van der Waals surface area contributed by atoms with Crippen molar-refractivity contribution in [1.82, 2.24) is 14.9 Å². The van der Waals surface area contributed by atoms with Gasteiger partial charge in [-0.3, -0.25) is 0 Å². The molecule has 0 N–H and O–H groups in total. The fourth-order valence-electron chi connectivity index (χ4n) is 1.99. The Hall–Kier alpha value is -1.85. The summed E-state index contributed by atoms with van der Waals surface area (Å²) in [6.45, 7) is 8.56. The zero-order chi connectivity index (χ0) is 14.8. The Balaban J connectivity index is 1.88. The van der Waals surface area contributed by atoms with E-state index in [4.69, 9.17) is 9.47 Å². The zero-order valence-electron chi connectivity index (χ0n) is 12.4. The lowest BCUT2D eigenvalue weighted by atomic mass is 10.2. The van der Waals surface area contributed by atoms with Crippen LogP contribution in [0.3, 0.4) is 0 Å². The predicted molar refractivity (Wildman–Crippen MR) is 73.6 cm³/mol. The van der Waals surface area contributed by atoms with Gasteiger partial charge in [0, 0.05) is 25.2 Å². The number of rotatable bonds is 2. The van der Waals surface area contributed by atoms with Crippen LogP contribution in [0.5, 0.6) is 5.88 Å². The van der Waals surface area contributed by atoms with Crippen LogP contribution in [-0.2, 0) is 4.74 Å². The molecular formula is C14H21N3O3. The van der Waals surface area contributed by atoms with E-state index in [-0.39, 0.29) is 12.2 Å². The van der Waals surface area contributed by atoms with Crippen molar-refractivity contribution in [1.29, 1.82) is 0 Å². The Kier molecular flexibility index (Phi) is 4.11. The molecule has 6 nitrogen and oxygen atoms in total. The molecule has 0 spiro atoms. The molecule has 2 rings (SSSR count). The second-order valence-corrected chi connectivity index (χ2v) is 5.90. The summed E-state index contributed by atoms with van der Waals surface area (Å²) < 4.78 is 11.1. The van der Waals surface area contributed by atoms with Crippen LogP contribution in [0.4, 0.5) is 4.79 Å². The van der Waals surface area contributed by atoms with E-state index < -0.39 is 5.60 Å². The summed E-state index contributed by atoms with van der Waals surface area (Å²) in [7, 11) is 0. The molecule has 1 aromatic heterocycles. The van der Waals surface area contributed by atoms with E-state index in [2.05, 4.69) is 9.97 Å². The SMILES string of the molecule is Cc1nccc(O[C@@H]2CCN(C(=O)OC(C)(C)C)C2)n1. The molecule has 6 heteroatoms. The van der Waals surface area contributed by atoms with Crippen molar-refractivity contribution in [2.45, 2.75) is 45.8 Å². The van der Waals surface area contributed by atoms with Gasteiger partial charge >= 0.3 is 6.09 Å². The third-order valence-electron chi connectivity index (χ3n) is 2.83. The number of carbonyl (C=O) groups is 1. The summed E-state index contributed by atoms with van der Waals surface area (Å²) in [5.74, 6) is 1.22. The predicted octanol–water partition coefficient (Wildman–Crippen LogP) is 2.17. The molecule has 1 fully saturated rings.